The van der Waals surface area contributed by atoms with Crippen molar-refractivity contribution >= 4 is 9.84 Å². The van der Waals surface area contributed by atoms with Gasteiger partial charge in [0.25, 0.3) is 0 Å². The first-order valence-corrected chi connectivity index (χ1v) is 6.27. The van der Waals surface area contributed by atoms with Crippen LogP contribution in [-0.2, 0) is 9.84 Å². The molecule has 0 aliphatic carbocycles. The zero-order chi connectivity index (χ0) is 9.73. The van der Waals surface area contributed by atoms with Crippen LogP contribution in [0.2, 0.25) is 0 Å². The minimum absolute atomic E-state index is 0.273. The summed E-state index contributed by atoms with van der Waals surface area (Å²) in [5.74, 6) is 6.88. The lowest BCUT2D eigenvalue weighted by atomic mass is 10.1. The van der Waals surface area contributed by atoms with Crippen LogP contribution in [0.3, 0.4) is 0 Å². The normalized spacial score (nSPS) is 25.2. The van der Waals surface area contributed by atoms with Gasteiger partial charge >= 0.3 is 0 Å². The van der Waals surface area contributed by atoms with E-state index in [1.54, 1.807) is 0 Å². The van der Waals surface area contributed by atoms with Gasteiger partial charge < -0.3 is 5.32 Å². The lowest BCUT2D eigenvalue weighted by Crippen LogP contribution is -2.06. The van der Waals surface area contributed by atoms with Crippen LogP contribution in [0, 0.1) is 17.8 Å². The summed E-state index contributed by atoms with van der Waals surface area (Å²) in [5, 5.41) is 2.92. The van der Waals surface area contributed by atoms with E-state index in [-0.39, 0.29) is 5.92 Å². The fourth-order valence-corrected chi connectivity index (χ4v) is 3.26. The molecule has 0 aromatic carbocycles. The van der Waals surface area contributed by atoms with Crippen LogP contribution in [0.1, 0.15) is 12.8 Å². The SMILES string of the molecule is CNCC#CCC1CCS(=O)(=O)C1. The first-order valence-electron chi connectivity index (χ1n) is 4.45. The number of nitrogens with one attached hydrogen (secondary N) is 1. The smallest absolute Gasteiger partial charge is 0.150 e. The summed E-state index contributed by atoms with van der Waals surface area (Å²) in [6, 6.07) is 0. The summed E-state index contributed by atoms with van der Waals surface area (Å²) >= 11 is 0. The van der Waals surface area contributed by atoms with Gasteiger partial charge in [-0.2, -0.15) is 0 Å². The highest BCUT2D eigenvalue weighted by Gasteiger charge is 2.26. The van der Waals surface area contributed by atoms with E-state index in [9.17, 15) is 8.42 Å². The molecule has 1 saturated heterocycles. The largest absolute Gasteiger partial charge is 0.309 e. The van der Waals surface area contributed by atoms with Gasteiger partial charge in [-0.3, -0.25) is 0 Å². The molecule has 0 saturated carbocycles. The predicted molar refractivity (Wildman–Crippen MR) is 53.1 cm³/mol. The first-order chi connectivity index (χ1) is 6.14. The molecule has 1 fully saturated rings. The van der Waals surface area contributed by atoms with E-state index in [1.165, 1.54) is 0 Å². The lowest BCUT2D eigenvalue weighted by molar-refractivity contribution is 0.593. The number of hydrogen-bond acceptors (Lipinski definition) is 3. The van der Waals surface area contributed by atoms with Gasteiger partial charge in [-0.15, -0.1) is 5.92 Å². The van der Waals surface area contributed by atoms with E-state index in [1.807, 2.05) is 7.05 Å². The van der Waals surface area contributed by atoms with Gasteiger partial charge in [0.15, 0.2) is 9.84 Å². The Morgan fingerprint density at radius 1 is 1.46 bits per heavy atom. The summed E-state index contributed by atoms with van der Waals surface area (Å²) < 4.78 is 22.1. The summed E-state index contributed by atoms with van der Waals surface area (Å²) in [7, 11) is -0.880. The van der Waals surface area contributed by atoms with Crippen molar-refractivity contribution < 1.29 is 8.42 Å². The molecule has 0 spiro atoms. The van der Waals surface area contributed by atoms with Crippen molar-refractivity contribution in [3.05, 3.63) is 0 Å². The molecule has 1 rings (SSSR count). The fourth-order valence-electron chi connectivity index (χ4n) is 1.40. The Kier molecular flexibility index (Phi) is 3.76. The monoisotopic (exact) mass is 201 g/mol. The summed E-state index contributed by atoms with van der Waals surface area (Å²) in [6.07, 6.45) is 1.51. The summed E-state index contributed by atoms with van der Waals surface area (Å²) in [5.41, 5.74) is 0. The van der Waals surface area contributed by atoms with E-state index in [0.717, 1.165) is 12.8 Å². The molecule has 74 valence electrons. The molecular weight excluding hydrogens is 186 g/mol. The predicted octanol–water partition coefficient (Wildman–Crippen LogP) is 0.0340. The summed E-state index contributed by atoms with van der Waals surface area (Å²) in [4.78, 5) is 0. The van der Waals surface area contributed by atoms with E-state index < -0.39 is 9.84 Å². The molecule has 3 nitrogen and oxygen atoms in total. The maximum Gasteiger partial charge on any atom is 0.150 e. The molecule has 0 radical (unpaired) electrons. The van der Waals surface area contributed by atoms with Crippen molar-refractivity contribution in [2.75, 3.05) is 25.1 Å². The molecule has 1 aliphatic heterocycles. The number of sulfone groups is 1. The second kappa shape index (κ2) is 4.64. The van der Waals surface area contributed by atoms with Gasteiger partial charge in [0.1, 0.15) is 0 Å². The molecule has 1 unspecified atom stereocenters. The second-order valence-electron chi connectivity index (χ2n) is 3.36. The second-order valence-corrected chi connectivity index (χ2v) is 5.59. The highest BCUT2D eigenvalue weighted by atomic mass is 32.2. The fraction of sp³-hybridized carbons (Fsp3) is 0.778. The van der Waals surface area contributed by atoms with Crippen LogP contribution in [0.15, 0.2) is 0 Å². The van der Waals surface area contributed by atoms with Gasteiger partial charge in [-0.1, -0.05) is 5.92 Å². The quantitative estimate of drug-likeness (QED) is 0.641. The maximum absolute atomic E-state index is 11.1. The number of hydrogen-bond donors (Lipinski definition) is 1. The first kappa shape index (κ1) is 10.6. The van der Waals surface area contributed by atoms with Crippen molar-refractivity contribution in [1.82, 2.24) is 5.32 Å². The molecule has 1 N–H and O–H groups in total. The van der Waals surface area contributed by atoms with Crippen LogP contribution >= 0.6 is 0 Å². The van der Waals surface area contributed by atoms with Crippen molar-refractivity contribution in [3.63, 3.8) is 0 Å². The molecule has 0 aromatic heterocycles. The average molecular weight is 201 g/mol. The van der Waals surface area contributed by atoms with Crippen LogP contribution in [0.4, 0.5) is 0 Å². The zero-order valence-corrected chi connectivity index (χ0v) is 8.65. The molecule has 1 atom stereocenters. The molecule has 0 amide bonds. The number of rotatable bonds is 2. The molecular formula is C9H15NO2S. The van der Waals surface area contributed by atoms with Crippen molar-refractivity contribution in [2.45, 2.75) is 12.8 Å². The Bertz CT molecular complexity index is 310. The molecule has 1 aliphatic rings. The Balaban J connectivity index is 2.30. The Labute approximate surface area is 79.8 Å². The van der Waals surface area contributed by atoms with Gasteiger partial charge in [0, 0.05) is 6.42 Å². The minimum Gasteiger partial charge on any atom is -0.309 e. The average Bonchev–Trinajstić information content (AvgIpc) is 2.40. The molecule has 13 heavy (non-hydrogen) atoms. The maximum atomic E-state index is 11.1. The van der Waals surface area contributed by atoms with E-state index in [2.05, 4.69) is 17.2 Å². The standard InChI is InChI=1S/C9H15NO2S/c1-10-6-3-2-4-9-5-7-13(11,12)8-9/h9-10H,4-8H2,1H3. The molecule has 0 bridgehead atoms. The third-order valence-corrected chi connectivity index (χ3v) is 3.94. The third-order valence-electron chi connectivity index (χ3n) is 2.11. The van der Waals surface area contributed by atoms with Crippen LogP contribution in [0.25, 0.3) is 0 Å². The third kappa shape index (κ3) is 3.79. The van der Waals surface area contributed by atoms with Crippen molar-refractivity contribution in [2.24, 2.45) is 5.92 Å². The molecule has 0 aromatic rings. The van der Waals surface area contributed by atoms with E-state index in [4.69, 9.17) is 0 Å². The minimum atomic E-state index is -2.72. The van der Waals surface area contributed by atoms with E-state index in [0.29, 0.717) is 18.1 Å². The topological polar surface area (TPSA) is 46.2 Å². The zero-order valence-electron chi connectivity index (χ0n) is 7.84. The van der Waals surface area contributed by atoms with Crippen molar-refractivity contribution in [3.8, 4) is 11.8 Å². The highest BCUT2D eigenvalue weighted by molar-refractivity contribution is 7.91. The highest BCUT2D eigenvalue weighted by Crippen LogP contribution is 2.20. The van der Waals surface area contributed by atoms with Crippen LogP contribution in [-0.4, -0.2) is 33.5 Å². The van der Waals surface area contributed by atoms with Gasteiger partial charge in [-0.25, -0.2) is 8.42 Å². The molecule has 1 heterocycles. The van der Waals surface area contributed by atoms with Gasteiger partial charge in [0.05, 0.1) is 18.1 Å². The van der Waals surface area contributed by atoms with Crippen molar-refractivity contribution in [1.29, 1.82) is 0 Å². The van der Waals surface area contributed by atoms with E-state index >= 15 is 0 Å². The Morgan fingerprint density at radius 2 is 2.23 bits per heavy atom. The lowest BCUT2D eigenvalue weighted by Gasteiger charge is -1.98. The van der Waals surface area contributed by atoms with Crippen LogP contribution in [0.5, 0.6) is 0 Å². The Hall–Kier alpha value is -0.530. The summed E-state index contributed by atoms with van der Waals surface area (Å²) in [6.45, 7) is 0.680. The van der Waals surface area contributed by atoms with Gasteiger partial charge in [0.2, 0.25) is 0 Å². The Morgan fingerprint density at radius 3 is 2.77 bits per heavy atom. The van der Waals surface area contributed by atoms with Gasteiger partial charge in [-0.05, 0) is 19.4 Å². The molecule has 4 heteroatoms. The van der Waals surface area contributed by atoms with Crippen LogP contribution < -0.4 is 5.32 Å².